The van der Waals surface area contributed by atoms with Crippen LogP contribution in [-0.2, 0) is 21.1 Å². The van der Waals surface area contributed by atoms with Crippen molar-refractivity contribution in [2.75, 3.05) is 10.1 Å². The largest absolute Gasteiger partial charge is 0.319 e. The molecule has 43 heavy (non-hydrogen) atoms. The second kappa shape index (κ2) is 11.4. The molecular weight excluding hydrogens is 732 g/mol. The second-order valence-corrected chi connectivity index (χ2v) is 11.0. The number of hydrogen-bond acceptors (Lipinski definition) is 4. The molecule has 0 fully saturated rings. The summed E-state index contributed by atoms with van der Waals surface area (Å²) in [5.74, 6) is 0.541. The van der Waals surface area contributed by atoms with Gasteiger partial charge in [-0.05, 0) is 60.3 Å². The monoisotopic (exact) mass is 759 g/mol. The van der Waals surface area contributed by atoms with E-state index in [1.54, 1.807) is 30.1 Å². The smallest absolute Gasteiger partial charge is 0.148 e. The van der Waals surface area contributed by atoms with Crippen LogP contribution in [0, 0.1) is 19.0 Å². The van der Waals surface area contributed by atoms with Gasteiger partial charge >= 0.3 is 0 Å². The number of anilines is 4. The molecule has 5 aromatic carbocycles. The molecule has 0 saturated heterocycles. The number of rotatable bonds is 5. The van der Waals surface area contributed by atoms with E-state index in [0.717, 1.165) is 54.3 Å². The first-order chi connectivity index (χ1) is 21.9. The summed E-state index contributed by atoms with van der Waals surface area (Å²) in [6, 6.07) is 46.9. The van der Waals surface area contributed by atoms with Gasteiger partial charge in [0, 0.05) is 42.6 Å². The molecule has 0 unspecified atom stereocenters. The van der Waals surface area contributed by atoms with Crippen LogP contribution in [0.1, 0.15) is 9.68 Å². The Morgan fingerprint density at radius 2 is 1.49 bits per heavy atom. The van der Waals surface area contributed by atoms with Crippen molar-refractivity contribution in [3.63, 3.8) is 0 Å². The summed E-state index contributed by atoms with van der Waals surface area (Å²) in [7, 11) is 0. The quantitative estimate of drug-likeness (QED) is 0.130. The van der Waals surface area contributed by atoms with Crippen LogP contribution < -0.4 is 10.1 Å². The average Bonchev–Trinajstić information content (AvgIpc) is 3.61. The molecule has 0 atom stereocenters. The molecule has 8 rings (SSSR count). The van der Waals surface area contributed by atoms with Crippen molar-refractivity contribution in [3.05, 3.63) is 145 Å². The third kappa shape index (κ3) is 4.92. The van der Waals surface area contributed by atoms with Gasteiger partial charge in [0.1, 0.15) is 22.9 Å². The van der Waals surface area contributed by atoms with Crippen molar-refractivity contribution in [2.24, 2.45) is 0 Å². The van der Waals surface area contributed by atoms with Crippen LogP contribution in [-0.4, -0.2) is 14.5 Å². The van der Waals surface area contributed by atoms with Crippen molar-refractivity contribution < 1.29 is 30.1 Å². The van der Waals surface area contributed by atoms with Crippen molar-refractivity contribution in [2.45, 2.75) is 16.6 Å². The number of aromatic nitrogens is 2. The zero-order chi connectivity index (χ0) is 30.5. The van der Waals surface area contributed by atoms with Crippen molar-refractivity contribution in [1.29, 1.82) is 0 Å². The van der Waals surface area contributed by atoms with Crippen LogP contribution in [0.2, 0.25) is 0 Å². The summed E-state index contributed by atoms with van der Waals surface area (Å²) < 4.78 is 25.8. The number of hydrogen-bond donors (Lipinski definition) is 0. The van der Waals surface area contributed by atoms with E-state index in [1.165, 1.54) is 0 Å². The summed E-state index contributed by atoms with van der Waals surface area (Å²) >= 11 is 1.56. The Morgan fingerprint density at radius 1 is 0.721 bits per heavy atom. The fourth-order valence-corrected chi connectivity index (χ4v) is 6.22. The molecule has 0 amide bonds. The molecule has 0 radical (unpaired) electrons. The molecule has 1 aliphatic heterocycles. The van der Waals surface area contributed by atoms with E-state index in [-0.39, 0.29) is 26.6 Å². The molecule has 0 aliphatic carbocycles. The standard InChI is InChI=1S/C36H24N4OS.Pt/c1-25-20-21-37-36(22-25)38-32-15-6-5-14-30(32)31-19-18-29(24-35(31)38)42-28-13-9-12-27(23-28)40-34-17-8-7-16-33(34)39(41-40)26-10-3-2-4-11-26;/h2-22H,1H3;/q-2;/p+1/i1D3;. The number of benzene rings is 5. The van der Waals surface area contributed by atoms with E-state index >= 15 is 0 Å². The first-order valence-corrected chi connectivity index (χ1v) is 14.3. The molecule has 2 aromatic heterocycles. The number of pyridine rings is 1. The molecule has 3 heterocycles. The van der Waals surface area contributed by atoms with Gasteiger partial charge in [-0.1, -0.05) is 59.1 Å². The SMILES string of the molecule is [2H]C([2H])([2H])c1ccnc(-n2c3[c-]c(Sc4[c-]c(N5[OH+]N(c6ccccc6)c6ccccc65)ccc4)ccc3c3ccccc32)c1.[Pt]. The Balaban J connectivity index is 0.00000338. The molecule has 0 spiro atoms. The minimum atomic E-state index is -2.23. The molecule has 1 aliphatic rings. The van der Waals surface area contributed by atoms with Gasteiger partial charge in [-0.25, -0.2) is 4.98 Å². The topological polar surface area (TPSA) is 37.1 Å². The fraction of sp³-hybridized carbons (Fsp3) is 0.0278. The third-order valence-electron chi connectivity index (χ3n) is 7.25. The molecule has 5 nitrogen and oxygen atoms in total. The van der Waals surface area contributed by atoms with Gasteiger partial charge in [0.2, 0.25) is 0 Å². The van der Waals surface area contributed by atoms with Gasteiger partial charge < -0.3 is 4.57 Å². The van der Waals surface area contributed by atoms with E-state index in [9.17, 15) is 0 Å². The third-order valence-corrected chi connectivity index (χ3v) is 8.17. The van der Waals surface area contributed by atoms with Crippen LogP contribution >= 0.6 is 11.8 Å². The fourth-order valence-electron chi connectivity index (χ4n) is 5.40. The predicted molar refractivity (Wildman–Crippen MR) is 170 cm³/mol. The van der Waals surface area contributed by atoms with Gasteiger partial charge in [-0.2, -0.15) is 29.2 Å². The van der Waals surface area contributed by atoms with E-state index in [4.69, 9.17) is 9.05 Å². The zero-order valence-corrected chi connectivity index (χ0v) is 25.7. The average molecular weight is 760 g/mol. The van der Waals surface area contributed by atoms with Crippen LogP contribution in [0.25, 0.3) is 27.6 Å². The zero-order valence-electron chi connectivity index (χ0n) is 25.6. The minimum Gasteiger partial charge on any atom is -0.319 e. The Morgan fingerprint density at radius 3 is 2.35 bits per heavy atom. The van der Waals surface area contributed by atoms with Crippen molar-refractivity contribution in [3.8, 4) is 5.82 Å². The molecule has 0 bridgehead atoms. The summed E-state index contributed by atoms with van der Waals surface area (Å²) in [4.78, 5) is 11.3. The molecular formula is C36H25N4OPtS-. The molecule has 212 valence electrons. The number of aryl methyl sites for hydroxylation is 1. The first-order valence-electron chi connectivity index (χ1n) is 15.0. The summed E-state index contributed by atoms with van der Waals surface area (Å²) in [6.45, 7) is -2.23. The van der Waals surface area contributed by atoms with Crippen LogP contribution in [0.3, 0.4) is 0 Å². The van der Waals surface area contributed by atoms with Gasteiger partial charge in [0.25, 0.3) is 0 Å². The van der Waals surface area contributed by atoms with E-state index in [1.807, 2.05) is 93.6 Å². The maximum Gasteiger partial charge on any atom is 0.148 e. The van der Waals surface area contributed by atoms with Gasteiger partial charge in [-0.3, -0.25) is 0 Å². The van der Waals surface area contributed by atoms with Crippen molar-refractivity contribution in [1.82, 2.24) is 9.55 Å². The van der Waals surface area contributed by atoms with Gasteiger partial charge in [0.15, 0.2) is 0 Å². The van der Waals surface area contributed by atoms with E-state index in [0.29, 0.717) is 5.82 Å². The normalized spacial score (nSPS) is 13.8. The second-order valence-electron chi connectivity index (χ2n) is 9.88. The molecule has 7 aromatic rings. The Bertz CT molecular complexity index is 2210. The van der Waals surface area contributed by atoms with E-state index < -0.39 is 6.85 Å². The number of nitrogens with zero attached hydrogens (tertiary/aromatic N) is 4. The van der Waals surface area contributed by atoms with Gasteiger partial charge in [-0.15, -0.1) is 50.2 Å². The van der Waals surface area contributed by atoms with Crippen LogP contribution in [0.15, 0.2) is 137 Å². The Labute approximate surface area is 272 Å². The minimum absolute atomic E-state index is 0. The maximum absolute atomic E-state index is 7.92. The van der Waals surface area contributed by atoms with E-state index in [2.05, 4.69) is 47.4 Å². The molecule has 1 N–H and O–H groups in total. The summed E-state index contributed by atoms with van der Waals surface area (Å²) in [5.41, 5.74) is 5.79. The molecule has 0 saturated carbocycles. The number of para-hydroxylation sites is 4. The van der Waals surface area contributed by atoms with Crippen LogP contribution in [0.5, 0.6) is 0 Å². The van der Waals surface area contributed by atoms with Crippen LogP contribution in [0.4, 0.5) is 22.7 Å². The maximum atomic E-state index is 7.92. The Kier molecular flexibility index (Phi) is 6.39. The Hall–Kier alpha value is -4.35. The predicted octanol–water partition coefficient (Wildman–Crippen LogP) is 9.37. The summed E-state index contributed by atoms with van der Waals surface area (Å²) in [6.07, 6.45) is 1.55. The number of fused-ring (bicyclic) bond motifs is 4. The van der Waals surface area contributed by atoms with Gasteiger partial charge in [0.05, 0.1) is 0 Å². The molecule has 7 heteroatoms. The summed E-state index contributed by atoms with van der Waals surface area (Å²) in [5, 5.41) is 5.92. The first kappa shape index (κ1) is 24.1. The van der Waals surface area contributed by atoms with Crippen molar-refractivity contribution >= 4 is 56.3 Å².